The fraction of sp³-hybridized carbons (Fsp3) is 0.133. The number of urea groups is 1. The van der Waals surface area contributed by atoms with Crippen LogP contribution in [0.25, 0.3) is 0 Å². The number of hydrogen-bond donors (Lipinski definition) is 3. The van der Waals surface area contributed by atoms with Crippen LogP contribution in [0.1, 0.15) is 11.7 Å². The molecule has 0 aromatic heterocycles. The first kappa shape index (κ1) is 14.9. The summed E-state index contributed by atoms with van der Waals surface area (Å²) >= 11 is 0. The van der Waals surface area contributed by atoms with Crippen LogP contribution in [0.2, 0.25) is 0 Å². The van der Waals surface area contributed by atoms with Crippen LogP contribution in [0.3, 0.4) is 0 Å². The van der Waals surface area contributed by atoms with Crippen molar-refractivity contribution in [1.82, 2.24) is 5.32 Å². The van der Waals surface area contributed by atoms with Crippen LogP contribution >= 0.6 is 0 Å². The van der Waals surface area contributed by atoms with E-state index in [0.29, 0.717) is 11.3 Å². The van der Waals surface area contributed by atoms with Crippen molar-refractivity contribution in [3.05, 3.63) is 65.7 Å². The molecular formula is C15H14F2N2O2. The molecule has 2 rings (SSSR count). The zero-order valence-electron chi connectivity index (χ0n) is 11.0. The highest BCUT2D eigenvalue weighted by Gasteiger charge is 2.09. The van der Waals surface area contributed by atoms with Gasteiger partial charge in [0.15, 0.2) is 0 Å². The summed E-state index contributed by atoms with van der Waals surface area (Å²) in [5.41, 5.74) is 0.934. The van der Waals surface area contributed by atoms with Crippen molar-refractivity contribution in [2.45, 2.75) is 6.10 Å². The molecule has 0 unspecified atom stereocenters. The predicted octanol–water partition coefficient (Wildman–Crippen LogP) is 2.82. The normalized spacial score (nSPS) is 11.8. The van der Waals surface area contributed by atoms with Gasteiger partial charge in [-0.1, -0.05) is 12.1 Å². The first-order valence-corrected chi connectivity index (χ1v) is 6.28. The van der Waals surface area contributed by atoms with Gasteiger partial charge in [-0.3, -0.25) is 0 Å². The Labute approximate surface area is 120 Å². The molecule has 0 heterocycles. The number of carbonyl (C=O) groups excluding carboxylic acids is 1. The van der Waals surface area contributed by atoms with Gasteiger partial charge in [-0.25, -0.2) is 13.6 Å². The molecule has 2 aromatic carbocycles. The van der Waals surface area contributed by atoms with Gasteiger partial charge in [-0.05, 0) is 42.0 Å². The van der Waals surface area contributed by atoms with E-state index in [0.717, 1.165) is 0 Å². The van der Waals surface area contributed by atoms with Gasteiger partial charge in [0.05, 0.1) is 6.10 Å². The minimum Gasteiger partial charge on any atom is -0.387 e. The molecule has 1 atom stereocenters. The Bertz CT molecular complexity index is 600. The summed E-state index contributed by atoms with van der Waals surface area (Å²) in [6.45, 7) is -0.0291. The van der Waals surface area contributed by atoms with Gasteiger partial charge in [-0.15, -0.1) is 0 Å². The quantitative estimate of drug-likeness (QED) is 0.811. The lowest BCUT2D eigenvalue weighted by Crippen LogP contribution is -2.32. The van der Waals surface area contributed by atoms with Crippen molar-refractivity contribution < 1.29 is 18.7 Å². The molecule has 0 spiro atoms. The molecule has 21 heavy (non-hydrogen) atoms. The molecule has 6 heteroatoms. The smallest absolute Gasteiger partial charge is 0.319 e. The van der Waals surface area contributed by atoms with Gasteiger partial charge in [0.1, 0.15) is 11.6 Å². The van der Waals surface area contributed by atoms with Crippen molar-refractivity contribution in [2.75, 3.05) is 11.9 Å². The number of amides is 2. The number of benzene rings is 2. The maximum atomic E-state index is 12.7. The topological polar surface area (TPSA) is 61.4 Å². The number of aliphatic hydroxyl groups is 1. The van der Waals surface area contributed by atoms with E-state index in [2.05, 4.69) is 10.6 Å². The molecule has 0 radical (unpaired) electrons. The Morgan fingerprint density at radius 1 is 1.00 bits per heavy atom. The van der Waals surface area contributed by atoms with Gasteiger partial charge in [-0.2, -0.15) is 0 Å². The number of rotatable bonds is 4. The summed E-state index contributed by atoms with van der Waals surface area (Å²) in [6, 6.07) is 10.1. The third-order valence-electron chi connectivity index (χ3n) is 2.81. The SMILES string of the molecule is O=C(NC[C@H](O)c1ccc(F)cc1)Nc1ccc(F)cc1. The fourth-order valence-electron chi connectivity index (χ4n) is 1.70. The lowest BCUT2D eigenvalue weighted by molar-refractivity contribution is 0.175. The largest absolute Gasteiger partial charge is 0.387 e. The summed E-state index contributed by atoms with van der Waals surface area (Å²) in [5, 5.41) is 14.8. The molecule has 0 aliphatic heterocycles. The number of anilines is 1. The summed E-state index contributed by atoms with van der Waals surface area (Å²) in [5.74, 6) is -0.791. The second-order valence-corrected chi connectivity index (χ2v) is 4.41. The minimum absolute atomic E-state index is 0.0291. The molecule has 0 saturated heterocycles. The minimum atomic E-state index is -0.940. The average Bonchev–Trinajstić information content (AvgIpc) is 2.48. The first-order chi connectivity index (χ1) is 10.0. The Morgan fingerprint density at radius 3 is 2.10 bits per heavy atom. The van der Waals surface area contributed by atoms with Gasteiger partial charge in [0.25, 0.3) is 0 Å². The molecule has 0 aliphatic rings. The number of carbonyl (C=O) groups is 1. The van der Waals surface area contributed by atoms with Crippen molar-refractivity contribution in [3.63, 3.8) is 0 Å². The van der Waals surface area contributed by atoms with Crippen LogP contribution in [0.5, 0.6) is 0 Å². The highest BCUT2D eigenvalue weighted by molar-refractivity contribution is 5.89. The maximum Gasteiger partial charge on any atom is 0.319 e. The molecule has 0 saturated carbocycles. The summed E-state index contributed by atoms with van der Waals surface area (Å²) in [4.78, 5) is 11.6. The molecule has 0 bridgehead atoms. The molecule has 3 N–H and O–H groups in total. The molecule has 2 aromatic rings. The molecule has 2 amide bonds. The summed E-state index contributed by atoms with van der Waals surface area (Å²) in [7, 11) is 0. The van der Waals surface area contributed by atoms with Crippen LogP contribution in [0, 0.1) is 11.6 Å². The van der Waals surface area contributed by atoms with Crippen molar-refractivity contribution in [2.24, 2.45) is 0 Å². The number of halogens is 2. The molecule has 0 aliphatic carbocycles. The molecule has 110 valence electrons. The molecular weight excluding hydrogens is 278 g/mol. The van der Waals surface area contributed by atoms with Crippen molar-refractivity contribution in [3.8, 4) is 0 Å². The van der Waals surface area contributed by atoms with E-state index in [1.165, 1.54) is 48.5 Å². The highest BCUT2D eigenvalue weighted by atomic mass is 19.1. The van der Waals surface area contributed by atoms with Crippen LogP contribution in [-0.4, -0.2) is 17.7 Å². The molecule has 4 nitrogen and oxygen atoms in total. The number of aliphatic hydroxyl groups excluding tert-OH is 1. The lowest BCUT2D eigenvalue weighted by Gasteiger charge is -2.13. The van der Waals surface area contributed by atoms with Crippen molar-refractivity contribution >= 4 is 11.7 Å². The monoisotopic (exact) mass is 292 g/mol. The summed E-state index contributed by atoms with van der Waals surface area (Å²) in [6.07, 6.45) is -0.940. The second kappa shape index (κ2) is 6.81. The van der Waals surface area contributed by atoms with Crippen LogP contribution in [0.4, 0.5) is 19.3 Å². The zero-order valence-corrected chi connectivity index (χ0v) is 11.0. The Hall–Kier alpha value is -2.47. The molecule has 0 fully saturated rings. The zero-order chi connectivity index (χ0) is 15.2. The Balaban J connectivity index is 1.83. The van der Waals surface area contributed by atoms with Gasteiger partial charge < -0.3 is 15.7 Å². The Morgan fingerprint density at radius 2 is 1.52 bits per heavy atom. The first-order valence-electron chi connectivity index (χ1n) is 6.28. The average molecular weight is 292 g/mol. The predicted molar refractivity (Wildman–Crippen MR) is 74.8 cm³/mol. The van der Waals surface area contributed by atoms with E-state index in [1.54, 1.807) is 0 Å². The maximum absolute atomic E-state index is 12.7. The van der Waals surface area contributed by atoms with E-state index in [9.17, 15) is 18.7 Å². The lowest BCUT2D eigenvalue weighted by atomic mass is 10.1. The standard InChI is InChI=1S/C15H14F2N2O2/c16-11-3-1-10(2-4-11)14(20)9-18-15(21)19-13-7-5-12(17)6-8-13/h1-8,14,20H,9H2,(H2,18,19,21)/t14-/m0/s1. The van der Waals surface area contributed by atoms with Crippen LogP contribution in [-0.2, 0) is 0 Å². The highest BCUT2D eigenvalue weighted by Crippen LogP contribution is 2.12. The Kier molecular flexibility index (Phi) is 4.84. The number of hydrogen-bond acceptors (Lipinski definition) is 2. The van der Waals surface area contributed by atoms with Crippen LogP contribution in [0.15, 0.2) is 48.5 Å². The van der Waals surface area contributed by atoms with E-state index in [-0.39, 0.29) is 6.54 Å². The third kappa shape index (κ3) is 4.54. The number of nitrogens with one attached hydrogen (secondary N) is 2. The fourth-order valence-corrected chi connectivity index (χ4v) is 1.70. The van der Waals surface area contributed by atoms with Gasteiger partial charge >= 0.3 is 6.03 Å². The summed E-state index contributed by atoms with van der Waals surface area (Å²) < 4.78 is 25.5. The van der Waals surface area contributed by atoms with E-state index in [4.69, 9.17) is 0 Å². The third-order valence-corrected chi connectivity index (χ3v) is 2.81. The van der Waals surface area contributed by atoms with E-state index >= 15 is 0 Å². The van der Waals surface area contributed by atoms with Gasteiger partial charge in [0, 0.05) is 12.2 Å². The van der Waals surface area contributed by atoms with E-state index < -0.39 is 23.8 Å². The van der Waals surface area contributed by atoms with E-state index in [1.807, 2.05) is 0 Å². The van der Waals surface area contributed by atoms with Crippen LogP contribution < -0.4 is 10.6 Å². The second-order valence-electron chi connectivity index (χ2n) is 4.41. The van der Waals surface area contributed by atoms with Crippen molar-refractivity contribution in [1.29, 1.82) is 0 Å². The van der Waals surface area contributed by atoms with Gasteiger partial charge in [0.2, 0.25) is 0 Å².